The highest BCUT2D eigenvalue weighted by molar-refractivity contribution is 6.42. The monoisotopic (exact) mass is 333 g/mol. The minimum absolute atomic E-state index is 0.0792. The van der Waals surface area contributed by atoms with E-state index in [0.29, 0.717) is 15.6 Å². The van der Waals surface area contributed by atoms with Crippen molar-refractivity contribution in [3.8, 4) is 0 Å². The minimum Gasteiger partial charge on any atom is -0.481 e. The van der Waals surface area contributed by atoms with Gasteiger partial charge >= 0.3 is 5.97 Å². The van der Waals surface area contributed by atoms with Crippen LogP contribution in [0.2, 0.25) is 10.0 Å². The second-order valence-electron chi connectivity index (χ2n) is 5.04. The first-order valence-electron chi connectivity index (χ1n) is 6.21. The number of amides is 1. The van der Waals surface area contributed by atoms with E-state index in [9.17, 15) is 9.59 Å². The molecule has 0 heterocycles. The van der Waals surface area contributed by atoms with E-state index < -0.39 is 11.5 Å². The zero-order valence-corrected chi connectivity index (χ0v) is 13.3. The lowest BCUT2D eigenvalue weighted by molar-refractivity contribution is -0.139. The Morgan fingerprint density at radius 3 is 2.52 bits per heavy atom. The molecule has 0 aliphatic carbocycles. The van der Waals surface area contributed by atoms with Crippen LogP contribution in [0.4, 0.5) is 0 Å². The Morgan fingerprint density at radius 1 is 1.33 bits per heavy atom. The third kappa shape index (κ3) is 5.91. The Hall–Kier alpha value is -1.30. The topological polar surface area (TPSA) is 75.6 Å². The predicted molar refractivity (Wildman–Crippen MR) is 80.8 cm³/mol. The predicted octanol–water partition coefficient (Wildman–Crippen LogP) is 2.53. The molecule has 2 N–H and O–H groups in total. The van der Waals surface area contributed by atoms with Gasteiger partial charge in [0.05, 0.1) is 35.0 Å². The van der Waals surface area contributed by atoms with E-state index in [1.54, 1.807) is 25.1 Å². The normalized spacial score (nSPS) is 13.5. The SMILES string of the molecule is COCC(C)(CC(=O)O)NC(=O)Cc1ccc(Cl)c(Cl)c1. The number of carboxylic acids is 1. The summed E-state index contributed by atoms with van der Waals surface area (Å²) in [7, 11) is 1.45. The number of aliphatic carboxylic acids is 1. The Labute approximate surface area is 133 Å². The molecule has 0 radical (unpaired) electrons. The molecule has 7 heteroatoms. The molecular formula is C14H17Cl2NO4. The molecule has 21 heavy (non-hydrogen) atoms. The molecule has 1 unspecified atom stereocenters. The van der Waals surface area contributed by atoms with Gasteiger partial charge in [-0.25, -0.2) is 0 Å². The molecule has 0 spiro atoms. The highest BCUT2D eigenvalue weighted by atomic mass is 35.5. The van der Waals surface area contributed by atoms with E-state index in [2.05, 4.69) is 5.32 Å². The Balaban J connectivity index is 2.73. The van der Waals surface area contributed by atoms with Gasteiger partial charge in [0.15, 0.2) is 0 Å². The fourth-order valence-corrected chi connectivity index (χ4v) is 2.32. The largest absolute Gasteiger partial charge is 0.481 e. The summed E-state index contributed by atoms with van der Waals surface area (Å²) in [6.07, 6.45) is -0.149. The number of halogens is 2. The Morgan fingerprint density at radius 2 is 2.00 bits per heavy atom. The van der Waals surface area contributed by atoms with Crippen molar-refractivity contribution >= 4 is 35.1 Å². The van der Waals surface area contributed by atoms with Gasteiger partial charge < -0.3 is 15.2 Å². The van der Waals surface area contributed by atoms with Gasteiger partial charge in [0.2, 0.25) is 5.91 Å². The van der Waals surface area contributed by atoms with Crippen molar-refractivity contribution in [1.82, 2.24) is 5.32 Å². The van der Waals surface area contributed by atoms with Crippen LogP contribution >= 0.6 is 23.2 Å². The highest BCUT2D eigenvalue weighted by Crippen LogP contribution is 2.23. The Kier molecular flexibility index (Phi) is 6.45. The standard InChI is InChI=1S/C14H17Cl2NO4/c1-14(8-21-2,7-13(19)20)17-12(18)6-9-3-4-10(15)11(16)5-9/h3-5H,6-8H2,1-2H3,(H,17,18)(H,19,20). The maximum absolute atomic E-state index is 12.0. The number of benzene rings is 1. The van der Waals surface area contributed by atoms with E-state index in [1.807, 2.05) is 0 Å². The number of hydrogen-bond donors (Lipinski definition) is 2. The summed E-state index contributed by atoms with van der Waals surface area (Å²) in [5.74, 6) is -1.32. The number of hydrogen-bond acceptors (Lipinski definition) is 3. The van der Waals surface area contributed by atoms with Crippen LogP contribution < -0.4 is 5.32 Å². The smallest absolute Gasteiger partial charge is 0.305 e. The van der Waals surface area contributed by atoms with Gasteiger partial charge in [0, 0.05) is 7.11 Å². The second kappa shape index (κ2) is 7.64. The van der Waals surface area contributed by atoms with Gasteiger partial charge in [-0.05, 0) is 24.6 Å². The second-order valence-corrected chi connectivity index (χ2v) is 5.85. The number of methoxy groups -OCH3 is 1. The molecule has 0 saturated heterocycles. The summed E-state index contributed by atoms with van der Waals surface area (Å²) in [6.45, 7) is 1.73. The van der Waals surface area contributed by atoms with Gasteiger partial charge in [0.1, 0.15) is 0 Å². The average Bonchev–Trinajstić information content (AvgIpc) is 2.32. The molecule has 1 amide bonds. The van der Waals surface area contributed by atoms with Gasteiger partial charge in [-0.2, -0.15) is 0 Å². The van der Waals surface area contributed by atoms with Crippen molar-refractivity contribution in [1.29, 1.82) is 0 Å². The number of nitrogens with one attached hydrogen (secondary N) is 1. The molecule has 1 aromatic rings. The molecule has 1 atom stereocenters. The lowest BCUT2D eigenvalue weighted by Gasteiger charge is -2.28. The van der Waals surface area contributed by atoms with E-state index in [1.165, 1.54) is 7.11 Å². The van der Waals surface area contributed by atoms with Gasteiger partial charge in [-0.15, -0.1) is 0 Å². The third-order valence-electron chi connectivity index (χ3n) is 2.79. The molecule has 116 valence electrons. The lowest BCUT2D eigenvalue weighted by Crippen LogP contribution is -2.51. The van der Waals surface area contributed by atoms with Crippen molar-refractivity contribution in [3.05, 3.63) is 33.8 Å². The number of ether oxygens (including phenoxy) is 1. The quantitative estimate of drug-likeness (QED) is 0.803. The van der Waals surface area contributed by atoms with Crippen LogP contribution in [0.5, 0.6) is 0 Å². The molecule has 5 nitrogen and oxygen atoms in total. The van der Waals surface area contributed by atoms with Crippen LogP contribution in [0.1, 0.15) is 18.9 Å². The van der Waals surface area contributed by atoms with Crippen molar-refractivity contribution in [2.75, 3.05) is 13.7 Å². The van der Waals surface area contributed by atoms with Crippen LogP contribution in [-0.4, -0.2) is 36.2 Å². The number of rotatable bonds is 7. The third-order valence-corrected chi connectivity index (χ3v) is 3.53. The fourth-order valence-electron chi connectivity index (χ4n) is 2.00. The van der Waals surface area contributed by atoms with E-state index in [4.69, 9.17) is 33.0 Å². The lowest BCUT2D eigenvalue weighted by atomic mass is 9.98. The molecular weight excluding hydrogens is 317 g/mol. The van der Waals surface area contributed by atoms with E-state index in [-0.39, 0.29) is 25.4 Å². The van der Waals surface area contributed by atoms with Crippen LogP contribution in [-0.2, 0) is 20.7 Å². The van der Waals surface area contributed by atoms with Crippen molar-refractivity contribution < 1.29 is 19.4 Å². The summed E-state index contributed by atoms with van der Waals surface area (Å²) >= 11 is 11.7. The maximum atomic E-state index is 12.0. The van der Waals surface area contributed by atoms with E-state index in [0.717, 1.165) is 0 Å². The number of carbonyl (C=O) groups excluding carboxylic acids is 1. The average molecular weight is 334 g/mol. The molecule has 0 aromatic heterocycles. The summed E-state index contributed by atoms with van der Waals surface area (Å²) in [5, 5.41) is 12.4. The van der Waals surface area contributed by atoms with Crippen LogP contribution in [0, 0.1) is 0 Å². The zero-order chi connectivity index (χ0) is 16.0. The Bertz CT molecular complexity index is 536. The van der Waals surface area contributed by atoms with Gasteiger partial charge in [-0.1, -0.05) is 29.3 Å². The molecule has 0 aliphatic heterocycles. The van der Waals surface area contributed by atoms with Gasteiger partial charge in [-0.3, -0.25) is 9.59 Å². The molecule has 0 aliphatic rings. The first-order valence-corrected chi connectivity index (χ1v) is 6.97. The van der Waals surface area contributed by atoms with Crippen molar-refractivity contribution in [2.45, 2.75) is 25.3 Å². The van der Waals surface area contributed by atoms with Crippen molar-refractivity contribution in [3.63, 3.8) is 0 Å². The van der Waals surface area contributed by atoms with Gasteiger partial charge in [0.25, 0.3) is 0 Å². The summed E-state index contributed by atoms with van der Waals surface area (Å²) < 4.78 is 4.98. The van der Waals surface area contributed by atoms with Crippen LogP contribution in [0.3, 0.4) is 0 Å². The summed E-state index contributed by atoms with van der Waals surface area (Å²) in [6, 6.07) is 4.91. The summed E-state index contributed by atoms with van der Waals surface area (Å²) in [5.41, 5.74) is -0.273. The molecule has 1 aromatic carbocycles. The molecule has 0 bridgehead atoms. The first kappa shape index (κ1) is 17.8. The van der Waals surface area contributed by atoms with Crippen LogP contribution in [0.25, 0.3) is 0 Å². The number of carbonyl (C=O) groups is 2. The van der Waals surface area contributed by atoms with Crippen molar-refractivity contribution in [2.24, 2.45) is 0 Å². The summed E-state index contributed by atoms with van der Waals surface area (Å²) in [4.78, 5) is 22.9. The van der Waals surface area contributed by atoms with Crippen LogP contribution in [0.15, 0.2) is 18.2 Å². The number of carboxylic acid groups (broad SMARTS) is 1. The van der Waals surface area contributed by atoms with E-state index >= 15 is 0 Å². The maximum Gasteiger partial charge on any atom is 0.305 e. The molecule has 1 rings (SSSR count). The first-order chi connectivity index (χ1) is 9.75. The fraction of sp³-hybridized carbons (Fsp3) is 0.429. The molecule has 0 saturated carbocycles. The minimum atomic E-state index is -1.01. The highest BCUT2D eigenvalue weighted by Gasteiger charge is 2.29. The zero-order valence-electron chi connectivity index (χ0n) is 11.8. The molecule has 0 fully saturated rings.